The van der Waals surface area contributed by atoms with Crippen LogP contribution in [0.1, 0.15) is 22.0 Å². The van der Waals surface area contributed by atoms with Gasteiger partial charge in [-0.15, -0.1) is 0 Å². The largest absolute Gasteiger partial charge is 0.370 e. The second-order valence-corrected chi connectivity index (χ2v) is 6.42. The predicted octanol–water partition coefficient (Wildman–Crippen LogP) is 3.40. The summed E-state index contributed by atoms with van der Waals surface area (Å²) < 4.78 is 33.5. The molecule has 0 aliphatic carbocycles. The number of carbonyl (C=O) groups excluding carboxylic acids is 1. The molecule has 0 aromatic heterocycles. The van der Waals surface area contributed by atoms with Crippen LogP contribution in [0.4, 0.5) is 14.5 Å². The van der Waals surface area contributed by atoms with Gasteiger partial charge in [-0.25, -0.2) is 8.78 Å². The maximum atomic E-state index is 14.2. The Bertz CT molecular complexity index is 768. The number of benzene rings is 2. The fourth-order valence-electron chi connectivity index (χ4n) is 2.80. The van der Waals surface area contributed by atoms with Crippen molar-refractivity contribution in [3.63, 3.8) is 0 Å². The van der Waals surface area contributed by atoms with Crippen molar-refractivity contribution < 1.29 is 18.3 Å². The molecule has 0 spiro atoms. The average Bonchev–Trinajstić information content (AvgIpc) is 2.54. The molecule has 126 valence electrons. The minimum atomic E-state index is -0.820. The van der Waals surface area contributed by atoms with Crippen LogP contribution in [0.5, 0.6) is 0 Å². The molecule has 2 aromatic carbocycles. The van der Waals surface area contributed by atoms with E-state index >= 15 is 0 Å². The first-order valence-electron chi connectivity index (χ1n) is 7.36. The van der Waals surface area contributed by atoms with E-state index in [0.29, 0.717) is 29.9 Å². The third kappa shape index (κ3) is 3.42. The zero-order valence-electron chi connectivity index (χ0n) is 12.6. The van der Waals surface area contributed by atoms with E-state index in [-0.39, 0.29) is 17.5 Å². The van der Waals surface area contributed by atoms with Crippen LogP contribution in [0.15, 0.2) is 40.9 Å². The molecule has 1 atom stereocenters. The third-order valence-corrected chi connectivity index (χ3v) is 4.39. The summed E-state index contributed by atoms with van der Waals surface area (Å²) in [5.41, 5.74) is 6.44. The van der Waals surface area contributed by atoms with E-state index in [9.17, 15) is 13.6 Å². The first-order chi connectivity index (χ1) is 11.5. The number of morpholine rings is 1. The van der Waals surface area contributed by atoms with E-state index in [1.807, 2.05) is 4.90 Å². The Labute approximate surface area is 146 Å². The maximum Gasteiger partial charge on any atom is 0.253 e. The third-order valence-electron chi connectivity index (χ3n) is 3.93. The molecule has 7 heteroatoms. The van der Waals surface area contributed by atoms with Gasteiger partial charge in [0.05, 0.1) is 17.9 Å². The molecule has 0 bridgehead atoms. The van der Waals surface area contributed by atoms with E-state index in [0.717, 1.165) is 5.56 Å². The molecule has 0 radical (unpaired) electrons. The number of hydrogen-bond acceptors (Lipinski definition) is 3. The minimum absolute atomic E-state index is 0.141. The summed E-state index contributed by atoms with van der Waals surface area (Å²) >= 11 is 3.24. The number of nitrogens with two attached hydrogens (primary N) is 1. The van der Waals surface area contributed by atoms with Gasteiger partial charge in [0.2, 0.25) is 0 Å². The van der Waals surface area contributed by atoms with Crippen molar-refractivity contribution in [2.75, 3.05) is 24.6 Å². The molecule has 1 amide bonds. The smallest absolute Gasteiger partial charge is 0.253 e. The topological polar surface area (TPSA) is 55.6 Å². The molecule has 4 nitrogen and oxygen atoms in total. The number of amides is 1. The summed E-state index contributed by atoms with van der Waals surface area (Å²) in [7, 11) is 0. The maximum absolute atomic E-state index is 14.2. The van der Waals surface area contributed by atoms with Crippen molar-refractivity contribution in [2.45, 2.75) is 6.10 Å². The summed E-state index contributed by atoms with van der Waals surface area (Å²) in [6, 6.07) is 8.91. The van der Waals surface area contributed by atoms with Gasteiger partial charge in [-0.05, 0) is 29.8 Å². The van der Waals surface area contributed by atoms with Gasteiger partial charge >= 0.3 is 0 Å². The summed E-state index contributed by atoms with van der Waals surface area (Å²) in [6.45, 7) is 1.30. The zero-order chi connectivity index (χ0) is 17.3. The van der Waals surface area contributed by atoms with Gasteiger partial charge in [0.1, 0.15) is 17.7 Å². The Morgan fingerprint density at radius 1 is 1.25 bits per heavy atom. The second-order valence-electron chi connectivity index (χ2n) is 5.50. The normalized spacial score (nSPS) is 17.8. The standard InChI is InChI=1S/C17H15BrF2N2O2/c18-11-7-13(20)16(17(21)23)14(8-11)22-5-6-24-15(9-22)10-1-3-12(19)4-2-10/h1-4,7-8,15H,5-6,9H2,(H2,21,23). The van der Waals surface area contributed by atoms with E-state index in [1.54, 1.807) is 18.2 Å². The molecule has 0 saturated carbocycles. The van der Waals surface area contributed by atoms with Crippen LogP contribution in [0.3, 0.4) is 0 Å². The number of ether oxygens (including phenoxy) is 1. The molecule has 2 aromatic rings. The van der Waals surface area contributed by atoms with Crippen LogP contribution >= 0.6 is 15.9 Å². The van der Waals surface area contributed by atoms with Gasteiger partial charge in [-0.3, -0.25) is 4.79 Å². The summed E-state index contributed by atoms with van der Waals surface area (Å²) in [5, 5.41) is 0. The predicted molar refractivity (Wildman–Crippen MR) is 89.9 cm³/mol. The average molecular weight is 397 g/mol. The van der Waals surface area contributed by atoms with Crippen molar-refractivity contribution >= 4 is 27.5 Å². The molecule has 3 rings (SSSR count). The van der Waals surface area contributed by atoms with Crippen LogP contribution in [-0.4, -0.2) is 25.6 Å². The highest BCUT2D eigenvalue weighted by molar-refractivity contribution is 9.10. The number of hydrogen-bond donors (Lipinski definition) is 1. The monoisotopic (exact) mass is 396 g/mol. The number of rotatable bonds is 3. The Balaban J connectivity index is 1.92. The lowest BCUT2D eigenvalue weighted by atomic mass is 10.1. The summed E-state index contributed by atoms with van der Waals surface area (Å²) in [5.74, 6) is -1.81. The highest BCUT2D eigenvalue weighted by Crippen LogP contribution is 2.32. The molecule has 1 aliphatic heterocycles. The van der Waals surface area contributed by atoms with Gasteiger partial charge in [-0.1, -0.05) is 28.1 Å². The minimum Gasteiger partial charge on any atom is -0.370 e. The fraction of sp³-hybridized carbons (Fsp3) is 0.235. The van der Waals surface area contributed by atoms with Crippen molar-refractivity contribution in [2.24, 2.45) is 5.73 Å². The lowest BCUT2D eigenvalue weighted by Crippen LogP contribution is -2.39. The Kier molecular flexibility index (Phi) is 4.82. The van der Waals surface area contributed by atoms with Crippen LogP contribution < -0.4 is 10.6 Å². The first-order valence-corrected chi connectivity index (χ1v) is 8.16. The quantitative estimate of drug-likeness (QED) is 0.864. The highest BCUT2D eigenvalue weighted by atomic mass is 79.9. The zero-order valence-corrected chi connectivity index (χ0v) is 14.2. The summed E-state index contributed by atoms with van der Waals surface area (Å²) in [4.78, 5) is 13.5. The number of carbonyl (C=O) groups is 1. The fourth-order valence-corrected chi connectivity index (χ4v) is 3.22. The molecule has 1 fully saturated rings. The first kappa shape index (κ1) is 16.9. The van der Waals surface area contributed by atoms with Gasteiger partial charge in [0, 0.05) is 17.6 Å². The van der Waals surface area contributed by atoms with Crippen molar-refractivity contribution in [3.05, 3.63) is 63.6 Å². The van der Waals surface area contributed by atoms with E-state index in [4.69, 9.17) is 10.5 Å². The van der Waals surface area contributed by atoms with E-state index in [1.165, 1.54) is 18.2 Å². The van der Waals surface area contributed by atoms with Gasteiger partial charge in [0.15, 0.2) is 0 Å². The molecule has 2 N–H and O–H groups in total. The summed E-state index contributed by atoms with van der Waals surface area (Å²) in [6.07, 6.45) is -0.304. The Hall–Kier alpha value is -1.99. The van der Waals surface area contributed by atoms with Gasteiger partial charge in [-0.2, -0.15) is 0 Å². The van der Waals surface area contributed by atoms with Crippen molar-refractivity contribution in [1.82, 2.24) is 0 Å². The molecular formula is C17H15BrF2N2O2. The van der Waals surface area contributed by atoms with Crippen LogP contribution in [0.2, 0.25) is 0 Å². The molecule has 24 heavy (non-hydrogen) atoms. The van der Waals surface area contributed by atoms with Crippen molar-refractivity contribution in [1.29, 1.82) is 0 Å². The van der Waals surface area contributed by atoms with E-state index < -0.39 is 11.7 Å². The SMILES string of the molecule is NC(=O)c1c(F)cc(Br)cc1N1CCOC(c2ccc(F)cc2)C1. The Morgan fingerprint density at radius 3 is 2.62 bits per heavy atom. The molecule has 1 heterocycles. The number of nitrogens with zero attached hydrogens (tertiary/aromatic N) is 1. The lowest BCUT2D eigenvalue weighted by molar-refractivity contribution is 0.0396. The molecule has 1 aliphatic rings. The lowest BCUT2D eigenvalue weighted by Gasteiger charge is -2.35. The number of halogens is 3. The Morgan fingerprint density at radius 2 is 1.96 bits per heavy atom. The van der Waals surface area contributed by atoms with Gasteiger partial charge in [0.25, 0.3) is 5.91 Å². The molecule has 1 unspecified atom stereocenters. The van der Waals surface area contributed by atoms with Crippen LogP contribution in [-0.2, 0) is 4.74 Å². The van der Waals surface area contributed by atoms with Crippen molar-refractivity contribution in [3.8, 4) is 0 Å². The number of primary amides is 1. The van der Waals surface area contributed by atoms with Gasteiger partial charge < -0.3 is 15.4 Å². The second kappa shape index (κ2) is 6.86. The molecular weight excluding hydrogens is 382 g/mol. The van der Waals surface area contributed by atoms with Crippen LogP contribution in [0.25, 0.3) is 0 Å². The molecule has 1 saturated heterocycles. The van der Waals surface area contributed by atoms with Crippen LogP contribution in [0, 0.1) is 11.6 Å². The highest BCUT2D eigenvalue weighted by Gasteiger charge is 2.26. The number of anilines is 1. The van der Waals surface area contributed by atoms with E-state index in [2.05, 4.69) is 15.9 Å².